The number of nitrogens with one attached hydrogen (secondary N) is 5. The number of nitrogens with two attached hydrogens (primary N) is 2. The van der Waals surface area contributed by atoms with Crippen molar-refractivity contribution in [3.05, 3.63) is 48.0 Å². The lowest BCUT2D eigenvalue weighted by Crippen LogP contribution is -2.55. The summed E-state index contributed by atoms with van der Waals surface area (Å²) in [5.41, 5.74) is 11.2. The molecule has 2 aromatic carbocycles. The molecule has 4 atom stereocenters. The van der Waals surface area contributed by atoms with Gasteiger partial charge in [-0.15, -0.1) is 11.8 Å². The van der Waals surface area contributed by atoms with Gasteiger partial charge in [0.1, 0.15) is 23.4 Å². The second-order valence-electron chi connectivity index (χ2n) is 10.4. The van der Waals surface area contributed by atoms with E-state index < -0.39 is 84.4 Å². The molecule has 17 nitrogen and oxygen atoms in total. The highest BCUT2D eigenvalue weighted by atomic mass is 32.2. The van der Waals surface area contributed by atoms with Crippen molar-refractivity contribution in [3.63, 3.8) is 0 Å². The van der Waals surface area contributed by atoms with Gasteiger partial charge in [-0.2, -0.15) is 0 Å². The van der Waals surface area contributed by atoms with E-state index in [4.69, 9.17) is 11.5 Å². The molecule has 0 spiro atoms. The highest BCUT2D eigenvalue weighted by Crippen LogP contribution is 2.34. The number of aliphatic carboxylic acids is 2. The first-order valence-corrected chi connectivity index (χ1v) is 15.4. The zero-order chi connectivity index (χ0) is 34.5. The minimum atomic E-state index is -1.70. The predicted molar refractivity (Wildman–Crippen MR) is 171 cm³/mol. The van der Waals surface area contributed by atoms with E-state index in [-0.39, 0.29) is 31.1 Å². The van der Waals surface area contributed by atoms with E-state index in [2.05, 4.69) is 31.6 Å². The smallest absolute Gasteiger partial charge is 0.327 e. The first-order valence-electron chi connectivity index (χ1n) is 14.4. The van der Waals surface area contributed by atoms with Crippen molar-refractivity contribution >= 4 is 70.0 Å². The van der Waals surface area contributed by atoms with Crippen LogP contribution in [-0.2, 0) is 33.6 Å². The van der Waals surface area contributed by atoms with Crippen LogP contribution in [0.3, 0.4) is 0 Å². The molecule has 11 N–H and O–H groups in total. The second-order valence-corrected chi connectivity index (χ2v) is 11.5. The first-order chi connectivity index (χ1) is 22.3. The lowest BCUT2D eigenvalue weighted by Gasteiger charge is -2.24. The fourth-order valence-electron chi connectivity index (χ4n) is 4.62. The summed E-state index contributed by atoms with van der Waals surface area (Å²) in [5.74, 6) is -7.68. The number of carboxylic acid groups (broad SMARTS) is 2. The van der Waals surface area contributed by atoms with Gasteiger partial charge in [0.25, 0.3) is 0 Å². The van der Waals surface area contributed by atoms with Gasteiger partial charge >= 0.3 is 11.9 Å². The molecule has 0 radical (unpaired) electrons. The largest absolute Gasteiger partial charge is 0.481 e. The quantitative estimate of drug-likeness (QED) is 0.0831. The zero-order valence-corrected chi connectivity index (χ0v) is 25.9. The number of fused-ring (bicyclic) bond motifs is 1. The molecule has 1 aliphatic heterocycles. The van der Waals surface area contributed by atoms with Gasteiger partial charge in [0, 0.05) is 12.3 Å². The van der Waals surface area contributed by atoms with Gasteiger partial charge in [0.05, 0.1) is 19.5 Å². The Hall–Kier alpha value is -5.39. The Morgan fingerprint density at radius 1 is 0.830 bits per heavy atom. The standard InChI is InChI=1S/C29H36N8O9S/c30-29(31)32-10-4-9-18-25(42)33-12-22(39)36-19(11-23(40)41)26(43)37-20(28(45)46)14-47-24(27(44)34-13-21(38)35-18)17-8-3-6-15-5-1-2-7-16(15)17/h1-3,5-8,18-20,24H,4,9-14H2,(H,33,42)(H,34,44)(H,35,38)(H,36,39)(H,37,43)(H,40,41)(H,45,46)(H4,30,31,32)/t18-,19-,20-,24-/m0/s1. The van der Waals surface area contributed by atoms with Crippen LogP contribution in [0, 0.1) is 0 Å². The molecule has 1 heterocycles. The first kappa shape index (κ1) is 36.1. The Kier molecular flexibility index (Phi) is 13.3. The molecular weight excluding hydrogens is 636 g/mol. The number of hydrogen-bond donors (Lipinski definition) is 9. The van der Waals surface area contributed by atoms with Crippen molar-refractivity contribution in [2.24, 2.45) is 16.5 Å². The number of nitrogens with zero attached hydrogens (tertiary/aromatic N) is 1. The molecule has 0 aliphatic carbocycles. The highest BCUT2D eigenvalue weighted by molar-refractivity contribution is 8.00. The number of carboxylic acids is 2. The summed E-state index contributed by atoms with van der Waals surface area (Å²) in [6, 6.07) is 7.90. The van der Waals surface area contributed by atoms with E-state index in [0.29, 0.717) is 10.9 Å². The average Bonchev–Trinajstić information content (AvgIpc) is 3.02. The number of amides is 5. The van der Waals surface area contributed by atoms with Crippen LogP contribution in [-0.4, -0.2) is 101 Å². The Morgan fingerprint density at radius 2 is 1.47 bits per heavy atom. The molecule has 0 bridgehead atoms. The minimum Gasteiger partial charge on any atom is -0.481 e. The van der Waals surface area contributed by atoms with Crippen molar-refractivity contribution in [2.45, 2.75) is 42.6 Å². The third kappa shape index (κ3) is 11.2. The number of benzene rings is 2. The summed E-state index contributed by atoms with van der Waals surface area (Å²) in [4.78, 5) is 92.6. The van der Waals surface area contributed by atoms with Crippen LogP contribution in [0.15, 0.2) is 47.5 Å². The summed E-state index contributed by atoms with van der Waals surface area (Å²) in [6.07, 6.45) is -0.602. The fraction of sp³-hybridized carbons (Fsp3) is 0.379. The van der Waals surface area contributed by atoms with E-state index >= 15 is 0 Å². The molecule has 1 fully saturated rings. The number of hydrogen-bond acceptors (Lipinski definition) is 9. The number of aliphatic imine (C=N–C) groups is 1. The number of rotatable bonds is 8. The number of carbonyl (C=O) groups excluding carboxylic acids is 5. The molecule has 1 saturated heterocycles. The summed E-state index contributed by atoms with van der Waals surface area (Å²) in [6.45, 7) is -1.12. The van der Waals surface area contributed by atoms with Crippen LogP contribution in [0.5, 0.6) is 0 Å². The highest BCUT2D eigenvalue weighted by Gasteiger charge is 2.32. The van der Waals surface area contributed by atoms with Gasteiger partial charge in [0.15, 0.2) is 5.96 Å². The van der Waals surface area contributed by atoms with Gasteiger partial charge in [-0.05, 0) is 29.2 Å². The maximum atomic E-state index is 13.6. The van der Waals surface area contributed by atoms with E-state index in [9.17, 15) is 43.8 Å². The van der Waals surface area contributed by atoms with Crippen LogP contribution < -0.4 is 38.1 Å². The summed E-state index contributed by atoms with van der Waals surface area (Å²) in [7, 11) is 0. The molecule has 18 heteroatoms. The SMILES string of the molecule is NC(N)=NCCC[C@@H]1NC(=O)CNC(=O)[C@H](c2cccc3ccccc23)SC[C@@H](C(=O)O)NC(=O)[C@H](CC(=O)O)NC(=O)CNC1=O. The average molecular weight is 673 g/mol. The van der Waals surface area contributed by atoms with Crippen LogP contribution >= 0.6 is 11.8 Å². The maximum absolute atomic E-state index is 13.6. The number of carbonyl (C=O) groups is 7. The Labute approximate surface area is 272 Å². The lowest BCUT2D eigenvalue weighted by molar-refractivity contribution is -0.143. The van der Waals surface area contributed by atoms with Crippen LogP contribution in [0.4, 0.5) is 0 Å². The molecule has 0 aromatic heterocycles. The monoisotopic (exact) mass is 672 g/mol. The molecular formula is C29H36N8O9S. The lowest BCUT2D eigenvalue weighted by atomic mass is 10.0. The third-order valence-corrected chi connectivity index (χ3v) is 8.19. The van der Waals surface area contributed by atoms with Gasteiger partial charge in [0.2, 0.25) is 29.5 Å². The Balaban J connectivity index is 1.96. The second kappa shape index (κ2) is 17.3. The van der Waals surface area contributed by atoms with Crippen molar-refractivity contribution in [1.82, 2.24) is 26.6 Å². The van der Waals surface area contributed by atoms with Crippen molar-refractivity contribution < 1.29 is 43.8 Å². The van der Waals surface area contributed by atoms with Crippen molar-refractivity contribution in [3.8, 4) is 0 Å². The zero-order valence-electron chi connectivity index (χ0n) is 25.1. The molecule has 5 amide bonds. The van der Waals surface area contributed by atoms with Gasteiger partial charge in [-0.3, -0.25) is 33.8 Å². The van der Waals surface area contributed by atoms with Crippen LogP contribution in [0.1, 0.15) is 30.1 Å². The molecule has 47 heavy (non-hydrogen) atoms. The van der Waals surface area contributed by atoms with Crippen LogP contribution in [0.25, 0.3) is 10.8 Å². The molecule has 2 aromatic rings. The van der Waals surface area contributed by atoms with E-state index in [0.717, 1.165) is 17.1 Å². The minimum absolute atomic E-state index is 0.0407. The normalized spacial score (nSPS) is 21.9. The van der Waals surface area contributed by atoms with E-state index in [1.807, 2.05) is 12.1 Å². The molecule has 1 aliphatic rings. The van der Waals surface area contributed by atoms with E-state index in [1.165, 1.54) is 0 Å². The van der Waals surface area contributed by atoms with Crippen molar-refractivity contribution in [2.75, 3.05) is 25.4 Å². The Morgan fingerprint density at radius 3 is 2.13 bits per heavy atom. The number of thioether (sulfide) groups is 1. The molecule has 252 valence electrons. The van der Waals surface area contributed by atoms with Crippen molar-refractivity contribution in [1.29, 1.82) is 0 Å². The Bertz CT molecular complexity index is 1540. The van der Waals surface area contributed by atoms with E-state index in [1.54, 1.807) is 30.3 Å². The molecule has 0 saturated carbocycles. The summed E-state index contributed by atoms with van der Waals surface area (Å²) >= 11 is 0.873. The van der Waals surface area contributed by atoms with Gasteiger partial charge < -0.3 is 48.3 Å². The third-order valence-electron chi connectivity index (χ3n) is 6.86. The topological polar surface area (TPSA) is 284 Å². The maximum Gasteiger partial charge on any atom is 0.327 e. The van der Waals surface area contributed by atoms with Gasteiger partial charge in [-0.1, -0.05) is 42.5 Å². The molecule has 3 rings (SSSR count). The summed E-state index contributed by atoms with van der Waals surface area (Å²) < 4.78 is 0. The number of guanidine groups is 1. The van der Waals surface area contributed by atoms with Crippen LogP contribution in [0.2, 0.25) is 0 Å². The molecule has 0 unspecified atom stereocenters. The fourth-order valence-corrected chi connectivity index (χ4v) is 5.85. The summed E-state index contributed by atoms with van der Waals surface area (Å²) in [5, 5.41) is 31.4. The predicted octanol–water partition coefficient (Wildman–Crippen LogP) is -2.07. The van der Waals surface area contributed by atoms with Gasteiger partial charge in [-0.25, -0.2) is 4.79 Å².